The van der Waals surface area contributed by atoms with Gasteiger partial charge in [-0.15, -0.1) is 0 Å². The average molecular weight is 285 g/mol. The molecule has 0 spiro atoms. The van der Waals surface area contributed by atoms with Crippen LogP contribution in [0, 0.1) is 5.92 Å². The molecule has 0 saturated carbocycles. The molecule has 0 fully saturated rings. The van der Waals surface area contributed by atoms with E-state index in [1.165, 1.54) is 5.56 Å². The number of halogens is 1. The second-order valence-electron chi connectivity index (χ2n) is 4.66. The van der Waals surface area contributed by atoms with E-state index in [9.17, 15) is 0 Å². The van der Waals surface area contributed by atoms with Crippen LogP contribution in [0.2, 0.25) is 0 Å². The highest BCUT2D eigenvalue weighted by atomic mass is 79.9. The van der Waals surface area contributed by atoms with E-state index in [1.54, 1.807) is 0 Å². The standard InChI is InChI=1S/C14H21BrO/c1-5-11(4)9-16-14-7-6-12(15)8-13(14)10(2)3/h6-8,10-11H,5,9H2,1-4H3. The van der Waals surface area contributed by atoms with Crippen LogP contribution in [0.3, 0.4) is 0 Å². The number of ether oxygens (including phenoxy) is 1. The van der Waals surface area contributed by atoms with Crippen LogP contribution in [0.5, 0.6) is 5.75 Å². The van der Waals surface area contributed by atoms with Gasteiger partial charge >= 0.3 is 0 Å². The Morgan fingerprint density at radius 1 is 1.25 bits per heavy atom. The van der Waals surface area contributed by atoms with Crippen LogP contribution >= 0.6 is 15.9 Å². The lowest BCUT2D eigenvalue weighted by atomic mass is 10.0. The summed E-state index contributed by atoms with van der Waals surface area (Å²) in [5.41, 5.74) is 1.28. The van der Waals surface area contributed by atoms with Crippen LogP contribution < -0.4 is 4.74 Å². The predicted octanol–water partition coefficient (Wildman–Crippen LogP) is 5.00. The lowest BCUT2D eigenvalue weighted by molar-refractivity contribution is 0.253. The highest BCUT2D eigenvalue weighted by Gasteiger charge is 2.09. The van der Waals surface area contributed by atoms with Crippen LogP contribution in [0.15, 0.2) is 22.7 Å². The highest BCUT2D eigenvalue weighted by Crippen LogP contribution is 2.29. The van der Waals surface area contributed by atoms with E-state index in [2.05, 4.69) is 55.8 Å². The minimum atomic E-state index is 0.490. The molecule has 0 N–H and O–H groups in total. The molecule has 0 amide bonds. The van der Waals surface area contributed by atoms with E-state index in [1.807, 2.05) is 6.07 Å². The van der Waals surface area contributed by atoms with E-state index < -0.39 is 0 Å². The van der Waals surface area contributed by atoms with Crippen molar-refractivity contribution in [2.24, 2.45) is 5.92 Å². The first kappa shape index (κ1) is 13.6. The number of hydrogen-bond donors (Lipinski definition) is 0. The van der Waals surface area contributed by atoms with Gasteiger partial charge in [0.25, 0.3) is 0 Å². The molecule has 1 nitrogen and oxygen atoms in total. The number of hydrogen-bond acceptors (Lipinski definition) is 1. The van der Waals surface area contributed by atoms with Gasteiger partial charge in [-0.3, -0.25) is 0 Å². The highest BCUT2D eigenvalue weighted by molar-refractivity contribution is 9.10. The van der Waals surface area contributed by atoms with Crippen molar-refractivity contribution >= 4 is 15.9 Å². The summed E-state index contributed by atoms with van der Waals surface area (Å²) in [6.45, 7) is 9.60. The fraction of sp³-hybridized carbons (Fsp3) is 0.571. The van der Waals surface area contributed by atoms with Gasteiger partial charge in [0.15, 0.2) is 0 Å². The van der Waals surface area contributed by atoms with Gasteiger partial charge in [0, 0.05) is 4.47 Å². The molecular formula is C14H21BrO. The molecule has 1 atom stereocenters. The van der Waals surface area contributed by atoms with E-state index >= 15 is 0 Å². The van der Waals surface area contributed by atoms with E-state index in [0.29, 0.717) is 11.8 Å². The summed E-state index contributed by atoms with van der Waals surface area (Å²) >= 11 is 3.50. The number of benzene rings is 1. The van der Waals surface area contributed by atoms with Gasteiger partial charge in [0.05, 0.1) is 6.61 Å². The van der Waals surface area contributed by atoms with Crippen molar-refractivity contribution in [3.8, 4) is 5.75 Å². The van der Waals surface area contributed by atoms with Gasteiger partial charge in [-0.1, -0.05) is 50.0 Å². The molecule has 0 aliphatic heterocycles. The van der Waals surface area contributed by atoms with Crippen LogP contribution in [0.4, 0.5) is 0 Å². The Hall–Kier alpha value is -0.500. The third-order valence-corrected chi connectivity index (χ3v) is 3.31. The van der Waals surface area contributed by atoms with Crippen LogP contribution in [0.1, 0.15) is 45.6 Å². The van der Waals surface area contributed by atoms with Gasteiger partial charge in [-0.05, 0) is 35.6 Å². The SMILES string of the molecule is CCC(C)COc1ccc(Br)cc1C(C)C. The molecule has 1 aromatic rings. The maximum atomic E-state index is 5.89. The van der Waals surface area contributed by atoms with Crippen LogP contribution in [-0.2, 0) is 0 Å². The zero-order valence-electron chi connectivity index (χ0n) is 10.6. The smallest absolute Gasteiger partial charge is 0.122 e. The van der Waals surface area contributed by atoms with Crippen molar-refractivity contribution in [2.75, 3.05) is 6.61 Å². The van der Waals surface area contributed by atoms with Gasteiger partial charge in [0.1, 0.15) is 5.75 Å². The van der Waals surface area contributed by atoms with E-state index in [0.717, 1.165) is 23.2 Å². The van der Waals surface area contributed by atoms with Crippen molar-refractivity contribution in [2.45, 2.75) is 40.0 Å². The van der Waals surface area contributed by atoms with E-state index in [-0.39, 0.29) is 0 Å². The van der Waals surface area contributed by atoms with Crippen molar-refractivity contribution in [3.05, 3.63) is 28.2 Å². The molecule has 0 saturated heterocycles. The first-order chi connectivity index (χ1) is 7.54. The van der Waals surface area contributed by atoms with Crippen LogP contribution in [0.25, 0.3) is 0 Å². The molecule has 1 aromatic carbocycles. The Bertz CT molecular complexity index is 334. The zero-order valence-corrected chi connectivity index (χ0v) is 12.2. The van der Waals surface area contributed by atoms with E-state index in [4.69, 9.17) is 4.74 Å². The molecule has 1 rings (SSSR count). The second-order valence-corrected chi connectivity index (χ2v) is 5.58. The van der Waals surface area contributed by atoms with Crippen LogP contribution in [-0.4, -0.2) is 6.61 Å². The van der Waals surface area contributed by atoms with Gasteiger partial charge in [0.2, 0.25) is 0 Å². The molecule has 0 aliphatic rings. The predicted molar refractivity (Wildman–Crippen MR) is 73.2 cm³/mol. The minimum absolute atomic E-state index is 0.490. The number of rotatable bonds is 5. The summed E-state index contributed by atoms with van der Waals surface area (Å²) in [5, 5.41) is 0. The Labute approximate surface area is 107 Å². The summed E-state index contributed by atoms with van der Waals surface area (Å²) in [6, 6.07) is 6.25. The summed E-state index contributed by atoms with van der Waals surface area (Å²) in [7, 11) is 0. The maximum absolute atomic E-state index is 5.89. The average Bonchev–Trinajstić information content (AvgIpc) is 2.26. The molecule has 0 aromatic heterocycles. The second kappa shape index (κ2) is 6.29. The monoisotopic (exact) mass is 284 g/mol. The normalized spacial score (nSPS) is 12.9. The fourth-order valence-electron chi connectivity index (χ4n) is 1.45. The third-order valence-electron chi connectivity index (χ3n) is 2.81. The summed E-state index contributed by atoms with van der Waals surface area (Å²) in [6.07, 6.45) is 1.16. The first-order valence-electron chi connectivity index (χ1n) is 5.96. The molecule has 0 heterocycles. The Morgan fingerprint density at radius 3 is 2.50 bits per heavy atom. The van der Waals surface area contributed by atoms with Crippen molar-refractivity contribution in [1.29, 1.82) is 0 Å². The largest absolute Gasteiger partial charge is 0.493 e. The Morgan fingerprint density at radius 2 is 1.94 bits per heavy atom. The molecule has 0 aliphatic carbocycles. The molecule has 0 radical (unpaired) electrons. The molecule has 16 heavy (non-hydrogen) atoms. The van der Waals surface area contributed by atoms with Crippen molar-refractivity contribution in [1.82, 2.24) is 0 Å². The quantitative estimate of drug-likeness (QED) is 0.740. The third kappa shape index (κ3) is 3.82. The summed E-state index contributed by atoms with van der Waals surface area (Å²) in [4.78, 5) is 0. The topological polar surface area (TPSA) is 9.23 Å². The lowest BCUT2D eigenvalue weighted by Gasteiger charge is -2.16. The van der Waals surface area contributed by atoms with Gasteiger partial charge < -0.3 is 4.74 Å². The molecular weight excluding hydrogens is 264 g/mol. The van der Waals surface area contributed by atoms with Gasteiger partial charge in [-0.25, -0.2) is 0 Å². The maximum Gasteiger partial charge on any atom is 0.122 e. The molecule has 2 heteroatoms. The summed E-state index contributed by atoms with van der Waals surface area (Å²) in [5.74, 6) is 2.13. The summed E-state index contributed by atoms with van der Waals surface area (Å²) < 4.78 is 7.00. The minimum Gasteiger partial charge on any atom is -0.493 e. The Balaban J connectivity index is 2.78. The lowest BCUT2D eigenvalue weighted by Crippen LogP contribution is -2.08. The van der Waals surface area contributed by atoms with Crippen molar-refractivity contribution in [3.63, 3.8) is 0 Å². The molecule has 0 bridgehead atoms. The van der Waals surface area contributed by atoms with Crippen molar-refractivity contribution < 1.29 is 4.74 Å². The fourth-order valence-corrected chi connectivity index (χ4v) is 1.83. The molecule has 1 unspecified atom stereocenters. The Kier molecular flexibility index (Phi) is 5.33. The zero-order chi connectivity index (χ0) is 12.1. The van der Waals surface area contributed by atoms with Gasteiger partial charge in [-0.2, -0.15) is 0 Å². The molecule has 90 valence electrons. The first-order valence-corrected chi connectivity index (χ1v) is 6.76.